The van der Waals surface area contributed by atoms with E-state index >= 15 is 0 Å². The molecule has 2 saturated heterocycles. The first kappa shape index (κ1) is 29.6. The summed E-state index contributed by atoms with van der Waals surface area (Å²) in [6.45, 7) is 3.96. The molecule has 3 aromatic rings. The van der Waals surface area contributed by atoms with E-state index in [4.69, 9.17) is 4.74 Å². The molecule has 2 fully saturated rings. The van der Waals surface area contributed by atoms with Gasteiger partial charge < -0.3 is 15.2 Å². The first-order valence-electron chi connectivity index (χ1n) is 14.4. The molecule has 6 rings (SSSR count). The van der Waals surface area contributed by atoms with Crippen LogP contribution in [0, 0.1) is 18.6 Å². The molecule has 1 aromatic heterocycles. The summed E-state index contributed by atoms with van der Waals surface area (Å²) in [5.74, 6) is -1.95. The number of hydrogen-bond donors (Lipinski definition) is 2. The Morgan fingerprint density at radius 2 is 1.91 bits per heavy atom. The van der Waals surface area contributed by atoms with Crippen LogP contribution in [-0.2, 0) is 21.4 Å². The highest BCUT2D eigenvalue weighted by Crippen LogP contribution is 2.38. The van der Waals surface area contributed by atoms with Gasteiger partial charge in [-0.2, -0.15) is 4.31 Å². The van der Waals surface area contributed by atoms with Crippen LogP contribution in [0.1, 0.15) is 36.9 Å². The minimum atomic E-state index is -4.29. The van der Waals surface area contributed by atoms with Crippen LogP contribution in [0.5, 0.6) is 5.75 Å². The number of halogens is 2. The summed E-state index contributed by atoms with van der Waals surface area (Å²) in [4.78, 5) is 20.3. The smallest absolute Gasteiger partial charge is 0.247 e. The molecule has 0 unspecified atom stereocenters. The predicted octanol–water partition coefficient (Wildman–Crippen LogP) is 3.39. The molecule has 1 spiro atoms. The average molecular weight is 613 g/mol. The molecule has 2 atom stereocenters. The van der Waals surface area contributed by atoms with Gasteiger partial charge in [-0.1, -0.05) is 12.1 Å². The van der Waals surface area contributed by atoms with Crippen molar-refractivity contribution in [3.05, 3.63) is 77.6 Å². The Hall–Kier alpha value is -3.45. The number of piperidine rings is 1. The Balaban J connectivity index is 1.32. The number of carbonyl (C=O) groups is 1. The fourth-order valence-corrected chi connectivity index (χ4v) is 8.06. The fraction of sp³-hybridized carbons (Fsp3) is 0.419. The molecule has 4 heterocycles. The van der Waals surface area contributed by atoms with Crippen LogP contribution in [0.3, 0.4) is 0 Å². The lowest BCUT2D eigenvalue weighted by molar-refractivity contribution is -0.127. The Bertz CT molecular complexity index is 1640. The topological polar surface area (TPSA) is 112 Å². The highest BCUT2D eigenvalue weighted by atomic mass is 32.2. The molecular weight excluding hydrogens is 578 g/mol. The third-order valence-electron chi connectivity index (χ3n) is 8.84. The Morgan fingerprint density at radius 3 is 2.65 bits per heavy atom. The number of aliphatic hydroxyl groups is 1. The van der Waals surface area contributed by atoms with Gasteiger partial charge in [-0.15, -0.1) is 0 Å². The van der Waals surface area contributed by atoms with E-state index in [0.717, 1.165) is 27.7 Å². The maximum atomic E-state index is 14.6. The molecule has 3 aliphatic heterocycles. The van der Waals surface area contributed by atoms with Crippen LogP contribution in [0.15, 0.2) is 59.6 Å². The second-order valence-corrected chi connectivity index (χ2v) is 13.5. The molecule has 0 aliphatic carbocycles. The van der Waals surface area contributed by atoms with Crippen LogP contribution in [0.25, 0.3) is 11.1 Å². The molecule has 228 valence electrons. The minimum Gasteiger partial charge on any atom is -0.492 e. The monoisotopic (exact) mass is 612 g/mol. The first-order valence-corrected chi connectivity index (χ1v) is 15.9. The third-order valence-corrected chi connectivity index (χ3v) is 10.8. The number of carbonyl (C=O) groups excluding carboxylic acids is 1. The highest BCUT2D eigenvalue weighted by Gasteiger charge is 2.47. The van der Waals surface area contributed by atoms with Crippen LogP contribution in [0.2, 0.25) is 0 Å². The summed E-state index contributed by atoms with van der Waals surface area (Å²) in [7, 11) is -4.29. The molecule has 9 nitrogen and oxygen atoms in total. The first-order chi connectivity index (χ1) is 20.5. The van der Waals surface area contributed by atoms with Gasteiger partial charge in [0, 0.05) is 62.4 Å². The van der Waals surface area contributed by atoms with Crippen molar-refractivity contribution in [2.24, 2.45) is 0 Å². The zero-order valence-corrected chi connectivity index (χ0v) is 24.6. The van der Waals surface area contributed by atoms with E-state index in [1.807, 2.05) is 19.1 Å². The maximum Gasteiger partial charge on any atom is 0.247 e. The molecule has 2 N–H and O–H groups in total. The zero-order valence-electron chi connectivity index (χ0n) is 23.8. The number of aromatic nitrogens is 1. The van der Waals surface area contributed by atoms with Crippen molar-refractivity contribution in [2.45, 2.75) is 61.7 Å². The zero-order chi connectivity index (χ0) is 30.4. The number of benzene rings is 2. The van der Waals surface area contributed by atoms with Gasteiger partial charge in [-0.05, 0) is 61.2 Å². The minimum absolute atomic E-state index is 0.00827. The van der Waals surface area contributed by atoms with Gasteiger partial charge in [-0.3, -0.25) is 14.7 Å². The molecular formula is C31H34F2N4O5S. The van der Waals surface area contributed by atoms with E-state index in [1.54, 1.807) is 6.20 Å². The largest absolute Gasteiger partial charge is 0.492 e. The lowest BCUT2D eigenvalue weighted by Gasteiger charge is -2.43. The predicted molar refractivity (Wildman–Crippen MR) is 155 cm³/mol. The number of nitrogens with zero attached hydrogens (tertiary/aromatic N) is 3. The number of aliphatic hydroxyl groups excluding tert-OH is 1. The van der Waals surface area contributed by atoms with Gasteiger partial charge in [-0.25, -0.2) is 17.2 Å². The summed E-state index contributed by atoms with van der Waals surface area (Å²) in [5.41, 5.74) is 1.87. The number of aryl methyl sites for hydroxylation is 1. The van der Waals surface area contributed by atoms with Crippen LogP contribution in [-0.4, -0.2) is 77.5 Å². The van der Waals surface area contributed by atoms with Crippen LogP contribution >= 0.6 is 0 Å². The molecule has 12 heteroatoms. The van der Waals surface area contributed by atoms with Crippen LogP contribution in [0.4, 0.5) is 8.78 Å². The number of amides is 1. The number of sulfonamides is 1. The van der Waals surface area contributed by atoms with Crippen molar-refractivity contribution in [1.29, 1.82) is 0 Å². The third kappa shape index (κ3) is 5.88. The Labute approximate surface area is 249 Å². The van der Waals surface area contributed by atoms with Crippen molar-refractivity contribution in [3.8, 4) is 16.9 Å². The van der Waals surface area contributed by atoms with E-state index in [0.29, 0.717) is 44.5 Å². The molecule has 3 aliphatic rings. The van der Waals surface area contributed by atoms with E-state index in [2.05, 4.69) is 15.2 Å². The summed E-state index contributed by atoms with van der Waals surface area (Å²) in [6.07, 6.45) is 2.39. The highest BCUT2D eigenvalue weighted by molar-refractivity contribution is 7.89. The average Bonchev–Trinajstić information content (AvgIpc) is 3.38. The van der Waals surface area contributed by atoms with Gasteiger partial charge in [0.2, 0.25) is 15.9 Å². The second kappa shape index (κ2) is 11.6. The van der Waals surface area contributed by atoms with Crippen molar-refractivity contribution in [3.63, 3.8) is 0 Å². The normalized spacial score (nSPS) is 24.0. The molecule has 1 amide bonds. The van der Waals surface area contributed by atoms with E-state index in [1.165, 1.54) is 24.3 Å². The van der Waals surface area contributed by atoms with Gasteiger partial charge in [0.05, 0.1) is 18.4 Å². The number of pyridine rings is 1. The summed E-state index contributed by atoms with van der Waals surface area (Å²) < 4.78 is 63.2. The van der Waals surface area contributed by atoms with Gasteiger partial charge >= 0.3 is 0 Å². The van der Waals surface area contributed by atoms with Gasteiger partial charge in [0.1, 0.15) is 28.3 Å². The fourth-order valence-electron chi connectivity index (χ4n) is 6.31. The number of rotatable bonds is 3. The number of nitrogens with one attached hydrogen (secondary N) is 1. The molecule has 43 heavy (non-hydrogen) atoms. The van der Waals surface area contributed by atoms with Crippen LogP contribution < -0.4 is 10.1 Å². The van der Waals surface area contributed by atoms with Crippen molar-refractivity contribution < 1.29 is 31.8 Å². The lowest BCUT2D eigenvalue weighted by Crippen LogP contribution is -2.59. The molecule has 2 aromatic carbocycles. The van der Waals surface area contributed by atoms with Crippen molar-refractivity contribution in [2.75, 3.05) is 26.2 Å². The summed E-state index contributed by atoms with van der Waals surface area (Å²) >= 11 is 0. The summed E-state index contributed by atoms with van der Waals surface area (Å²) in [6, 6.07) is 10.2. The van der Waals surface area contributed by atoms with Gasteiger partial charge in [0.25, 0.3) is 0 Å². The Morgan fingerprint density at radius 1 is 1.12 bits per heavy atom. The van der Waals surface area contributed by atoms with E-state index < -0.39 is 45.2 Å². The van der Waals surface area contributed by atoms with Crippen molar-refractivity contribution in [1.82, 2.24) is 19.5 Å². The number of likely N-dealkylation sites (tertiary alicyclic amines) is 1. The second-order valence-electron chi connectivity index (χ2n) is 11.7. The number of hydrogen-bond acceptors (Lipinski definition) is 7. The van der Waals surface area contributed by atoms with E-state index in [-0.39, 0.29) is 35.8 Å². The molecule has 0 saturated carbocycles. The standard InChI is InChI=1S/C31H34F2N4O5S/c1-20-3-2-11-34-26(20)19-36-12-8-31(9-13-36)10-14-42-28-15-21(24-6-5-22(32)16-25(24)33)4-7-29(28)43(40,41)37-18-23(38)17-27(37)30(39)35-31/h2-7,11,15-16,23,27,38H,8-10,12-14,17-19H2,1H3,(H,35,39)/t23-,27+/m1/s1. The van der Waals surface area contributed by atoms with Crippen molar-refractivity contribution >= 4 is 15.9 Å². The molecule has 0 radical (unpaired) electrons. The number of ether oxygens (including phenoxy) is 1. The lowest BCUT2D eigenvalue weighted by atomic mass is 9.84. The quantitative estimate of drug-likeness (QED) is 0.467. The number of fused-ring (bicyclic) bond motifs is 2. The summed E-state index contributed by atoms with van der Waals surface area (Å²) in [5, 5.41) is 13.6. The van der Waals surface area contributed by atoms with E-state index in [9.17, 15) is 27.1 Å². The Kier molecular flexibility index (Phi) is 7.97. The maximum absolute atomic E-state index is 14.6. The SMILES string of the molecule is Cc1cccnc1CN1CCC2(CCOc3cc(-c4ccc(F)cc4F)ccc3S(=O)(=O)N3C[C@H](O)C[C@H]3C(=O)N2)CC1. The molecule has 0 bridgehead atoms. The van der Waals surface area contributed by atoms with Gasteiger partial charge in [0.15, 0.2) is 0 Å².